The molecule has 0 spiro atoms. The van der Waals surface area contributed by atoms with Crippen molar-refractivity contribution in [1.29, 1.82) is 0 Å². The molecule has 1 aliphatic rings. The summed E-state index contributed by atoms with van der Waals surface area (Å²) in [6, 6.07) is 0.308. The van der Waals surface area contributed by atoms with E-state index in [0.717, 1.165) is 0 Å². The number of rotatable bonds is 3. The summed E-state index contributed by atoms with van der Waals surface area (Å²) >= 11 is 0. The Balaban J connectivity index is 2.99. The van der Waals surface area contributed by atoms with E-state index in [0.29, 0.717) is 23.8 Å². The first-order valence-corrected chi connectivity index (χ1v) is 5.62. The second-order valence-electron chi connectivity index (χ2n) is 5.22. The molecule has 0 radical (unpaired) electrons. The molecule has 82 valence electrons. The van der Waals surface area contributed by atoms with Gasteiger partial charge in [0.2, 0.25) is 0 Å². The molecule has 14 heavy (non-hydrogen) atoms. The number of hydrogen-bond donors (Lipinski definition) is 0. The van der Waals surface area contributed by atoms with Crippen molar-refractivity contribution in [2.75, 3.05) is 0 Å². The standard InChI is InChI=1S/C12H23NO/c1-8(2)11-12(9(3)4,10(5)6)14-7-13-11/h7-11H,1-6H3/t11-/m1/s1. The van der Waals surface area contributed by atoms with Gasteiger partial charge in [0, 0.05) is 0 Å². The molecule has 1 heterocycles. The predicted octanol–water partition coefficient (Wildman–Crippen LogP) is 3.12. The van der Waals surface area contributed by atoms with Crippen LogP contribution in [0.1, 0.15) is 41.5 Å². The molecule has 0 N–H and O–H groups in total. The smallest absolute Gasteiger partial charge is 0.170 e. The fourth-order valence-electron chi connectivity index (χ4n) is 2.69. The molecule has 0 aromatic carbocycles. The lowest BCUT2D eigenvalue weighted by atomic mass is 9.72. The molecule has 0 aliphatic carbocycles. The van der Waals surface area contributed by atoms with E-state index >= 15 is 0 Å². The minimum Gasteiger partial charge on any atom is -0.474 e. The number of nitrogens with zero attached hydrogens (tertiary/aromatic N) is 1. The molecule has 1 atom stereocenters. The van der Waals surface area contributed by atoms with Crippen molar-refractivity contribution in [1.82, 2.24) is 0 Å². The van der Waals surface area contributed by atoms with Crippen molar-refractivity contribution < 1.29 is 4.74 Å². The van der Waals surface area contributed by atoms with E-state index in [1.54, 1.807) is 6.40 Å². The maximum absolute atomic E-state index is 5.85. The van der Waals surface area contributed by atoms with Crippen LogP contribution in [0.25, 0.3) is 0 Å². The van der Waals surface area contributed by atoms with Crippen molar-refractivity contribution >= 4 is 6.40 Å². The molecule has 0 aromatic heterocycles. The summed E-state index contributed by atoms with van der Waals surface area (Å²) in [6.07, 6.45) is 1.66. The molecule has 1 rings (SSSR count). The van der Waals surface area contributed by atoms with E-state index in [4.69, 9.17) is 4.74 Å². The Labute approximate surface area is 87.8 Å². The highest BCUT2D eigenvalue weighted by atomic mass is 16.5. The van der Waals surface area contributed by atoms with Crippen LogP contribution in [0.4, 0.5) is 0 Å². The minimum absolute atomic E-state index is 0.0891. The van der Waals surface area contributed by atoms with E-state index in [1.165, 1.54) is 0 Å². The number of aliphatic imine (C=N–C) groups is 1. The first-order chi connectivity index (χ1) is 6.43. The lowest BCUT2D eigenvalue weighted by molar-refractivity contribution is -0.0397. The first kappa shape index (κ1) is 11.5. The average Bonchev–Trinajstić information content (AvgIpc) is 2.47. The third-order valence-corrected chi connectivity index (χ3v) is 3.38. The topological polar surface area (TPSA) is 21.6 Å². The molecule has 1 aliphatic heterocycles. The van der Waals surface area contributed by atoms with Crippen LogP contribution in [0, 0.1) is 17.8 Å². The van der Waals surface area contributed by atoms with Gasteiger partial charge in [0.05, 0.1) is 6.04 Å². The normalized spacial score (nSPS) is 25.1. The fraction of sp³-hybridized carbons (Fsp3) is 0.917. The highest BCUT2D eigenvalue weighted by molar-refractivity contribution is 5.52. The largest absolute Gasteiger partial charge is 0.474 e. The predicted molar refractivity (Wildman–Crippen MR) is 60.6 cm³/mol. The molecule has 0 saturated heterocycles. The Morgan fingerprint density at radius 3 is 1.86 bits per heavy atom. The molecule has 0 fully saturated rings. The summed E-state index contributed by atoms with van der Waals surface area (Å²) in [5.74, 6) is 1.54. The molecule has 0 unspecified atom stereocenters. The molecule has 0 bridgehead atoms. The van der Waals surface area contributed by atoms with Gasteiger partial charge in [-0.1, -0.05) is 41.5 Å². The van der Waals surface area contributed by atoms with Crippen LogP contribution >= 0.6 is 0 Å². The Hall–Kier alpha value is -0.530. The van der Waals surface area contributed by atoms with Gasteiger partial charge in [-0.25, -0.2) is 0 Å². The number of ether oxygens (including phenoxy) is 1. The highest BCUT2D eigenvalue weighted by Crippen LogP contribution is 2.40. The third kappa shape index (κ3) is 1.55. The Morgan fingerprint density at radius 2 is 1.57 bits per heavy atom. The Kier molecular flexibility index (Phi) is 3.23. The van der Waals surface area contributed by atoms with E-state index in [2.05, 4.69) is 46.5 Å². The monoisotopic (exact) mass is 197 g/mol. The van der Waals surface area contributed by atoms with Crippen molar-refractivity contribution in [3.05, 3.63) is 0 Å². The zero-order valence-electron chi connectivity index (χ0n) is 10.2. The molecule has 0 amide bonds. The van der Waals surface area contributed by atoms with Gasteiger partial charge in [-0.05, 0) is 17.8 Å². The lowest BCUT2D eigenvalue weighted by Gasteiger charge is -2.41. The van der Waals surface area contributed by atoms with Crippen molar-refractivity contribution in [3.8, 4) is 0 Å². The van der Waals surface area contributed by atoms with Gasteiger partial charge in [0.15, 0.2) is 6.40 Å². The van der Waals surface area contributed by atoms with Crippen LogP contribution in [0.15, 0.2) is 4.99 Å². The highest BCUT2D eigenvalue weighted by Gasteiger charge is 2.50. The van der Waals surface area contributed by atoms with Crippen LogP contribution in [0.5, 0.6) is 0 Å². The molecule has 0 saturated carbocycles. The summed E-state index contributed by atoms with van der Waals surface area (Å²) in [6.45, 7) is 13.3. The Bertz CT molecular complexity index is 210. The van der Waals surface area contributed by atoms with Crippen molar-refractivity contribution in [2.45, 2.75) is 53.2 Å². The van der Waals surface area contributed by atoms with E-state index in [-0.39, 0.29) is 5.60 Å². The zero-order chi connectivity index (χ0) is 10.9. The van der Waals surface area contributed by atoms with Gasteiger partial charge in [-0.3, -0.25) is 4.99 Å². The third-order valence-electron chi connectivity index (χ3n) is 3.38. The summed E-state index contributed by atoms with van der Waals surface area (Å²) in [5.41, 5.74) is -0.0891. The van der Waals surface area contributed by atoms with Gasteiger partial charge in [-0.2, -0.15) is 0 Å². The van der Waals surface area contributed by atoms with Gasteiger partial charge in [0.25, 0.3) is 0 Å². The maximum atomic E-state index is 5.85. The first-order valence-electron chi connectivity index (χ1n) is 5.62. The van der Waals surface area contributed by atoms with Crippen LogP contribution < -0.4 is 0 Å². The SMILES string of the molecule is CC(C)[C@H]1N=COC1(C(C)C)C(C)C. The van der Waals surface area contributed by atoms with E-state index < -0.39 is 0 Å². The summed E-state index contributed by atoms with van der Waals surface area (Å²) in [5, 5.41) is 0. The van der Waals surface area contributed by atoms with E-state index in [9.17, 15) is 0 Å². The van der Waals surface area contributed by atoms with Crippen LogP contribution in [0.2, 0.25) is 0 Å². The van der Waals surface area contributed by atoms with Gasteiger partial charge in [-0.15, -0.1) is 0 Å². The zero-order valence-corrected chi connectivity index (χ0v) is 10.2. The minimum atomic E-state index is -0.0891. The summed E-state index contributed by atoms with van der Waals surface area (Å²) in [7, 11) is 0. The van der Waals surface area contributed by atoms with Crippen LogP contribution in [-0.2, 0) is 4.74 Å². The fourth-order valence-corrected chi connectivity index (χ4v) is 2.69. The van der Waals surface area contributed by atoms with Crippen molar-refractivity contribution in [3.63, 3.8) is 0 Å². The second-order valence-corrected chi connectivity index (χ2v) is 5.22. The van der Waals surface area contributed by atoms with Gasteiger partial charge < -0.3 is 4.74 Å². The van der Waals surface area contributed by atoms with Gasteiger partial charge in [0.1, 0.15) is 5.60 Å². The van der Waals surface area contributed by atoms with Crippen LogP contribution in [0.3, 0.4) is 0 Å². The quantitative estimate of drug-likeness (QED) is 0.681. The molecular formula is C12H23NO. The molecule has 0 aromatic rings. The Morgan fingerprint density at radius 1 is 1.07 bits per heavy atom. The average molecular weight is 197 g/mol. The summed E-state index contributed by atoms with van der Waals surface area (Å²) < 4.78 is 5.85. The second kappa shape index (κ2) is 3.92. The molecule has 2 heteroatoms. The van der Waals surface area contributed by atoms with Crippen molar-refractivity contribution in [2.24, 2.45) is 22.7 Å². The lowest BCUT2D eigenvalue weighted by Crippen LogP contribution is -2.51. The maximum Gasteiger partial charge on any atom is 0.170 e. The molecular weight excluding hydrogens is 174 g/mol. The summed E-state index contributed by atoms with van der Waals surface area (Å²) in [4.78, 5) is 4.48. The van der Waals surface area contributed by atoms with Gasteiger partial charge >= 0.3 is 0 Å². The van der Waals surface area contributed by atoms with E-state index in [1.807, 2.05) is 0 Å². The van der Waals surface area contributed by atoms with Crippen LogP contribution in [-0.4, -0.2) is 18.0 Å². The number of hydrogen-bond acceptors (Lipinski definition) is 2. The molecule has 2 nitrogen and oxygen atoms in total.